The second-order valence-electron chi connectivity index (χ2n) is 4.71. The number of ether oxygens (including phenoxy) is 3. The van der Waals surface area contributed by atoms with Crippen molar-refractivity contribution in [3.05, 3.63) is 45.1 Å². The molecule has 0 saturated heterocycles. The topological polar surface area (TPSA) is 56.8 Å². The molecule has 0 fully saturated rings. The average molecular weight is 368 g/mol. The molecule has 1 aromatic carbocycles. The molecule has 24 heavy (non-hydrogen) atoms. The number of nitrogens with one attached hydrogen (secondary N) is 1. The van der Waals surface area contributed by atoms with Gasteiger partial charge in [-0.2, -0.15) is 0 Å². The Bertz CT molecular complexity index is 742. The van der Waals surface area contributed by atoms with E-state index >= 15 is 0 Å². The summed E-state index contributed by atoms with van der Waals surface area (Å²) >= 11 is 7.26. The fourth-order valence-electron chi connectivity index (χ4n) is 2.05. The van der Waals surface area contributed by atoms with Gasteiger partial charge in [0.2, 0.25) is 5.91 Å². The molecule has 0 radical (unpaired) electrons. The molecule has 1 heterocycles. The number of hydrogen-bond acceptors (Lipinski definition) is 5. The molecule has 0 spiro atoms. The molecule has 1 amide bonds. The lowest BCUT2D eigenvalue weighted by Gasteiger charge is -2.14. The van der Waals surface area contributed by atoms with Crippen LogP contribution in [0.2, 0.25) is 4.34 Å². The largest absolute Gasteiger partial charge is 0.496 e. The Labute approximate surface area is 149 Å². The maximum absolute atomic E-state index is 12.0. The molecule has 0 aliphatic heterocycles. The molecule has 0 bridgehead atoms. The second kappa shape index (κ2) is 8.61. The summed E-state index contributed by atoms with van der Waals surface area (Å²) in [6, 6.07) is 7.15. The van der Waals surface area contributed by atoms with Crippen molar-refractivity contribution in [2.45, 2.75) is 6.54 Å². The molecule has 2 aromatic rings. The highest BCUT2D eigenvalue weighted by atomic mass is 35.5. The summed E-state index contributed by atoms with van der Waals surface area (Å²) in [6.07, 6.45) is 3.19. The van der Waals surface area contributed by atoms with E-state index in [4.69, 9.17) is 25.8 Å². The molecule has 0 aliphatic carbocycles. The molecule has 1 N–H and O–H groups in total. The van der Waals surface area contributed by atoms with E-state index in [-0.39, 0.29) is 5.91 Å². The summed E-state index contributed by atoms with van der Waals surface area (Å²) in [4.78, 5) is 12.9. The Hall–Kier alpha value is -2.18. The fraction of sp³-hybridized carbons (Fsp3) is 0.235. The van der Waals surface area contributed by atoms with E-state index in [0.717, 1.165) is 10.4 Å². The summed E-state index contributed by atoms with van der Waals surface area (Å²) in [6.45, 7) is 0.303. The SMILES string of the molecule is COc1cc(OC)c(OC)cc1CNC(=O)/C=C/c1ccc(Cl)s1. The molecular formula is C17H18ClNO4S. The smallest absolute Gasteiger partial charge is 0.244 e. The summed E-state index contributed by atoms with van der Waals surface area (Å²) < 4.78 is 16.5. The van der Waals surface area contributed by atoms with Gasteiger partial charge in [0.15, 0.2) is 11.5 Å². The second-order valence-corrected chi connectivity index (χ2v) is 6.46. The first-order chi connectivity index (χ1) is 11.6. The Balaban J connectivity index is 2.05. The van der Waals surface area contributed by atoms with Crippen LogP contribution in [0.5, 0.6) is 17.2 Å². The van der Waals surface area contributed by atoms with Gasteiger partial charge in [0.25, 0.3) is 0 Å². The number of carbonyl (C=O) groups excluding carboxylic acids is 1. The van der Waals surface area contributed by atoms with Crippen LogP contribution in [0.3, 0.4) is 0 Å². The van der Waals surface area contributed by atoms with Crippen molar-refractivity contribution in [3.8, 4) is 17.2 Å². The van der Waals surface area contributed by atoms with Crippen molar-refractivity contribution in [2.75, 3.05) is 21.3 Å². The number of methoxy groups -OCH3 is 3. The Morgan fingerprint density at radius 2 is 1.79 bits per heavy atom. The van der Waals surface area contributed by atoms with E-state index in [1.165, 1.54) is 17.4 Å². The van der Waals surface area contributed by atoms with E-state index in [2.05, 4.69) is 5.32 Å². The van der Waals surface area contributed by atoms with E-state index in [1.54, 1.807) is 45.6 Å². The molecule has 0 saturated carbocycles. The van der Waals surface area contributed by atoms with Crippen LogP contribution in [0, 0.1) is 0 Å². The summed E-state index contributed by atoms with van der Waals surface area (Å²) in [5.74, 6) is 1.54. The third-order valence-electron chi connectivity index (χ3n) is 3.23. The number of thiophene rings is 1. The zero-order chi connectivity index (χ0) is 17.5. The number of rotatable bonds is 7. The van der Waals surface area contributed by atoms with Crippen LogP contribution in [0.15, 0.2) is 30.3 Å². The van der Waals surface area contributed by atoms with Crippen LogP contribution in [0.25, 0.3) is 6.08 Å². The average Bonchev–Trinajstić information content (AvgIpc) is 3.02. The lowest BCUT2D eigenvalue weighted by atomic mass is 10.1. The first-order valence-electron chi connectivity index (χ1n) is 7.07. The van der Waals surface area contributed by atoms with E-state index in [0.29, 0.717) is 28.1 Å². The fourth-order valence-corrected chi connectivity index (χ4v) is 3.01. The van der Waals surface area contributed by atoms with E-state index in [1.807, 2.05) is 6.07 Å². The molecule has 128 valence electrons. The molecule has 1 aromatic heterocycles. The minimum Gasteiger partial charge on any atom is -0.496 e. The van der Waals surface area contributed by atoms with E-state index in [9.17, 15) is 4.79 Å². The van der Waals surface area contributed by atoms with Gasteiger partial charge in [0.05, 0.1) is 25.7 Å². The number of carbonyl (C=O) groups is 1. The van der Waals surface area contributed by atoms with Gasteiger partial charge in [-0.25, -0.2) is 0 Å². The maximum atomic E-state index is 12.0. The Morgan fingerprint density at radius 1 is 1.12 bits per heavy atom. The predicted molar refractivity (Wildman–Crippen MR) is 96.3 cm³/mol. The van der Waals surface area contributed by atoms with Crippen molar-refractivity contribution in [2.24, 2.45) is 0 Å². The monoisotopic (exact) mass is 367 g/mol. The highest BCUT2D eigenvalue weighted by molar-refractivity contribution is 7.17. The van der Waals surface area contributed by atoms with Crippen molar-refractivity contribution in [1.82, 2.24) is 5.32 Å². The zero-order valence-corrected chi connectivity index (χ0v) is 15.2. The number of hydrogen-bond donors (Lipinski definition) is 1. The maximum Gasteiger partial charge on any atom is 0.244 e. The summed E-state index contributed by atoms with van der Waals surface area (Å²) in [5, 5.41) is 2.81. The van der Waals surface area contributed by atoms with Crippen molar-refractivity contribution in [1.29, 1.82) is 0 Å². The first-order valence-corrected chi connectivity index (χ1v) is 8.27. The Kier molecular flexibility index (Phi) is 6.52. The number of halogens is 1. The summed E-state index contributed by atoms with van der Waals surface area (Å²) in [5.41, 5.74) is 0.788. The van der Waals surface area contributed by atoms with Crippen molar-refractivity contribution in [3.63, 3.8) is 0 Å². The van der Waals surface area contributed by atoms with Gasteiger partial charge < -0.3 is 19.5 Å². The van der Waals surface area contributed by atoms with Gasteiger partial charge in [-0.15, -0.1) is 11.3 Å². The molecule has 0 atom stereocenters. The van der Waals surface area contributed by atoms with E-state index < -0.39 is 0 Å². The van der Waals surface area contributed by atoms with Crippen LogP contribution in [-0.2, 0) is 11.3 Å². The predicted octanol–water partition coefficient (Wildman–Crippen LogP) is 3.76. The van der Waals surface area contributed by atoms with Crippen LogP contribution < -0.4 is 19.5 Å². The molecule has 5 nitrogen and oxygen atoms in total. The number of amides is 1. The van der Waals surface area contributed by atoms with Crippen LogP contribution in [-0.4, -0.2) is 27.2 Å². The highest BCUT2D eigenvalue weighted by Gasteiger charge is 2.12. The Morgan fingerprint density at radius 3 is 2.38 bits per heavy atom. The minimum atomic E-state index is -0.212. The lowest BCUT2D eigenvalue weighted by Crippen LogP contribution is -2.20. The zero-order valence-electron chi connectivity index (χ0n) is 13.6. The van der Waals surface area contributed by atoms with Gasteiger partial charge in [-0.05, 0) is 24.3 Å². The molecular weight excluding hydrogens is 350 g/mol. The standard InChI is InChI=1S/C17H18ClNO4S/c1-21-13-9-15(23-3)14(22-2)8-11(13)10-19-17(20)7-5-12-4-6-16(18)24-12/h4-9H,10H2,1-3H3,(H,19,20)/b7-5+. The normalized spacial score (nSPS) is 10.7. The van der Waals surface area contributed by atoms with Gasteiger partial charge in [0, 0.05) is 29.1 Å². The van der Waals surface area contributed by atoms with Gasteiger partial charge in [-0.1, -0.05) is 11.6 Å². The van der Waals surface area contributed by atoms with Crippen LogP contribution in [0.4, 0.5) is 0 Å². The molecule has 0 aliphatic rings. The third kappa shape index (κ3) is 4.66. The first kappa shape index (κ1) is 18.2. The molecule has 0 unspecified atom stereocenters. The van der Waals surface area contributed by atoms with Crippen LogP contribution >= 0.6 is 22.9 Å². The number of benzene rings is 1. The highest BCUT2D eigenvalue weighted by Crippen LogP contribution is 2.34. The summed E-state index contributed by atoms with van der Waals surface area (Å²) in [7, 11) is 4.68. The molecule has 7 heteroatoms. The van der Waals surface area contributed by atoms with Crippen LogP contribution in [0.1, 0.15) is 10.4 Å². The van der Waals surface area contributed by atoms with Crippen molar-refractivity contribution >= 4 is 34.9 Å². The third-order valence-corrected chi connectivity index (χ3v) is 4.43. The van der Waals surface area contributed by atoms with Crippen molar-refractivity contribution < 1.29 is 19.0 Å². The minimum absolute atomic E-state index is 0.212. The lowest BCUT2D eigenvalue weighted by molar-refractivity contribution is -0.116. The molecule has 2 rings (SSSR count). The van der Waals surface area contributed by atoms with Gasteiger partial charge >= 0.3 is 0 Å². The van der Waals surface area contributed by atoms with Gasteiger partial charge in [0.1, 0.15) is 5.75 Å². The van der Waals surface area contributed by atoms with Gasteiger partial charge in [-0.3, -0.25) is 4.79 Å². The quantitative estimate of drug-likeness (QED) is 0.757.